The quantitative estimate of drug-likeness (QED) is 0.133. The average Bonchev–Trinajstić information content (AvgIpc) is 2.64. The van der Waals surface area contributed by atoms with Gasteiger partial charge in [0.05, 0.1) is 4.92 Å². The second-order valence-corrected chi connectivity index (χ2v) is 5.51. The van der Waals surface area contributed by atoms with Gasteiger partial charge in [0.15, 0.2) is 5.96 Å². The minimum atomic E-state index is -0.414. The van der Waals surface area contributed by atoms with Gasteiger partial charge in [0, 0.05) is 32.7 Å². The van der Waals surface area contributed by atoms with Crippen molar-refractivity contribution in [1.29, 1.82) is 0 Å². The number of nitrogens with zero attached hydrogens (tertiary/aromatic N) is 2. The highest BCUT2D eigenvalue weighted by molar-refractivity contribution is 14.0. The average molecular weight is 487 g/mol. The number of nitro benzene ring substituents is 1. The standard InChI is InChI=1S/C18H22FN5O2.HI/c1-20-18(22-10-9-14-5-4-6-15(19)13-14)23-12-11-21-16-7-2-3-8-17(16)24(25)26;/h2-8,13,21H,9-12H2,1H3,(H2,20,22,23);1H. The molecular weight excluding hydrogens is 464 g/mol. The topological polar surface area (TPSA) is 91.6 Å². The largest absolute Gasteiger partial charge is 0.378 e. The Bertz CT molecular complexity index is 773. The Morgan fingerprint density at radius 3 is 2.56 bits per heavy atom. The summed E-state index contributed by atoms with van der Waals surface area (Å²) in [6.45, 7) is 1.64. The second kappa shape index (κ2) is 12.0. The molecule has 27 heavy (non-hydrogen) atoms. The van der Waals surface area contributed by atoms with Gasteiger partial charge >= 0.3 is 0 Å². The highest BCUT2D eigenvalue weighted by atomic mass is 127. The van der Waals surface area contributed by atoms with Crippen LogP contribution in [0.25, 0.3) is 0 Å². The molecule has 0 aliphatic heterocycles. The number of anilines is 1. The molecule has 0 saturated heterocycles. The maximum Gasteiger partial charge on any atom is 0.292 e. The van der Waals surface area contributed by atoms with Crippen molar-refractivity contribution >= 4 is 41.3 Å². The van der Waals surface area contributed by atoms with Gasteiger partial charge in [0.1, 0.15) is 11.5 Å². The number of para-hydroxylation sites is 2. The van der Waals surface area contributed by atoms with Gasteiger partial charge in [-0.1, -0.05) is 24.3 Å². The summed E-state index contributed by atoms with van der Waals surface area (Å²) in [6.07, 6.45) is 0.674. The molecule has 0 fully saturated rings. The van der Waals surface area contributed by atoms with E-state index in [2.05, 4.69) is 20.9 Å². The third kappa shape index (κ3) is 7.77. The van der Waals surface area contributed by atoms with E-state index in [1.165, 1.54) is 18.2 Å². The number of nitrogens with one attached hydrogen (secondary N) is 3. The predicted molar refractivity (Wildman–Crippen MR) is 116 cm³/mol. The zero-order chi connectivity index (χ0) is 18.8. The van der Waals surface area contributed by atoms with E-state index in [0.717, 1.165) is 5.56 Å². The Kier molecular flexibility index (Phi) is 10.1. The fraction of sp³-hybridized carbons (Fsp3) is 0.278. The fourth-order valence-corrected chi connectivity index (χ4v) is 2.40. The number of nitro groups is 1. The van der Waals surface area contributed by atoms with Crippen LogP contribution >= 0.6 is 24.0 Å². The molecule has 2 rings (SSSR count). The molecule has 9 heteroatoms. The molecule has 7 nitrogen and oxygen atoms in total. The molecule has 2 aromatic rings. The van der Waals surface area contributed by atoms with Crippen molar-refractivity contribution in [2.45, 2.75) is 6.42 Å². The van der Waals surface area contributed by atoms with Gasteiger partial charge in [-0.15, -0.1) is 24.0 Å². The summed E-state index contributed by atoms with van der Waals surface area (Å²) in [6, 6.07) is 13.0. The summed E-state index contributed by atoms with van der Waals surface area (Å²) in [7, 11) is 1.66. The number of guanidine groups is 1. The smallest absolute Gasteiger partial charge is 0.292 e. The Hall–Kier alpha value is -2.43. The predicted octanol–water partition coefficient (Wildman–Crippen LogP) is 3.17. The van der Waals surface area contributed by atoms with Gasteiger partial charge in [0.25, 0.3) is 5.69 Å². The lowest BCUT2D eigenvalue weighted by molar-refractivity contribution is -0.384. The molecule has 0 unspecified atom stereocenters. The van der Waals surface area contributed by atoms with Crippen molar-refractivity contribution in [3.05, 3.63) is 70.0 Å². The number of halogens is 2. The maximum absolute atomic E-state index is 13.1. The molecule has 0 amide bonds. The van der Waals surface area contributed by atoms with Crippen LogP contribution in [0.2, 0.25) is 0 Å². The maximum atomic E-state index is 13.1. The monoisotopic (exact) mass is 487 g/mol. The van der Waals surface area contributed by atoms with E-state index in [9.17, 15) is 14.5 Å². The number of hydrogen-bond acceptors (Lipinski definition) is 4. The molecule has 0 spiro atoms. The minimum Gasteiger partial charge on any atom is -0.378 e. The zero-order valence-electron chi connectivity index (χ0n) is 14.9. The first-order valence-corrected chi connectivity index (χ1v) is 8.26. The number of aliphatic imine (C=N–C) groups is 1. The van der Waals surface area contributed by atoms with Gasteiger partial charge in [0.2, 0.25) is 0 Å². The summed E-state index contributed by atoms with van der Waals surface area (Å²) in [5.41, 5.74) is 1.43. The Morgan fingerprint density at radius 2 is 1.85 bits per heavy atom. The van der Waals surface area contributed by atoms with Crippen LogP contribution in [0.4, 0.5) is 15.8 Å². The van der Waals surface area contributed by atoms with Gasteiger partial charge < -0.3 is 16.0 Å². The van der Waals surface area contributed by atoms with E-state index in [4.69, 9.17) is 0 Å². The highest BCUT2D eigenvalue weighted by Gasteiger charge is 2.11. The van der Waals surface area contributed by atoms with Crippen molar-refractivity contribution in [3.63, 3.8) is 0 Å². The van der Waals surface area contributed by atoms with E-state index < -0.39 is 4.92 Å². The second-order valence-electron chi connectivity index (χ2n) is 5.51. The van der Waals surface area contributed by atoms with Crippen LogP contribution in [-0.4, -0.2) is 37.6 Å². The molecular formula is C18H23FIN5O2. The van der Waals surface area contributed by atoms with Gasteiger partial charge in [-0.2, -0.15) is 0 Å². The highest BCUT2D eigenvalue weighted by Crippen LogP contribution is 2.22. The van der Waals surface area contributed by atoms with E-state index in [-0.39, 0.29) is 35.5 Å². The number of hydrogen-bond donors (Lipinski definition) is 3. The van der Waals surface area contributed by atoms with Crippen LogP contribution in [0, 0.1) is 15.9 Å². The van der Waals surface area contributed by atoms with E-state index in [1.807, 2.05) is 6.07 Å². The molecule has 0 bridgehead atoms. The lowest BCUT2D eigenvalue weighted by Gasteiger charge is -2.13. The van der Waals surface area contributed by atoms with Crippen LogP contribution in [-0.2, 0) is 6.42 Å². The summed E-state index contributed by atoms with van der Waals surface area (Å²) >= 11 is 0. The molecule has 0 aliphatic carbocycles. The Morgan fingerprint density at radius 1 is 1.11 bits per heavy atom. The summed E-state index contributed by atoms with van der Waals surface area (Å²) < 4.78 is 13.1. The third-order valence-electron chi connectivity index (χ3n) is 3.65. The van der Waals surface area contributed by atoms with E-state index in [0.29, 0.717) is 37.7 Å². The Balaban J connectivity index is 0.00000364. The molecule has 146 valence electrons. The fourth-order valence-electron chi connectivity index (χ4n) is 2.40. The molecule has 2 aromatic carbocycles. The minimum absolute atomic E-state index is 0. The first-order chi connectivity index (χ1) is 12.6. The van der Waals surface area contributed by atoms with Crippen LogP contribution in [0.1, 0.15) is 5.56 Å². The van der Waals surface area contributed by atoms with E-state index in [1.54, 1.807) is 31.3 Å². The van der Waals surface area contributed by atoms with Crippen molar-refractivity contribution in [3.8, 4) is 0 Å². The molecule has 0 heterocycles. The van der Waals surface area contributed by atoms with Crippen LogP contribution in [0.3, 0.4) is 0 Å². The van der Waals surface area contributed by atoms with Crippen molar-refractivity contribution in [2.75, 3.05) is 32.0 Å². The molecule has 0 radical (unpaired) electrons. The van der Waals surface area contributed by atoms with Gasteiger partial charge in [-0.25, -0.2) is 4.39 Å². The van der Waals surface area contributed by atoms with Crippen LogP contribution in [0.5, 0.6) is 0 Å². The third-order valence-corrected chi connectivity index (χ3v) is 3.65. The Labute approximate surface area is 174 Å². The summed E-state index contributed by atoms with van der Waals surface area (Å²) in [4.78, 5) is 14.7. The SMILES string of the molecule is CN=C(NCCNc1ccccc1[N+](=O)[O-])NCCc1cccc(F)c1.I. The summed E-state index contributed by atoms with van der Waals surface area (Å²) in [5.74, 6) is 0.372. The zero-order valence-corrected chi connectivity index (χ0v) is 17.3. The molecule has 0 aromatic heterocycles. The number of rotatable bonds is 8. The first kappa shape index (κ1) is 22.6. The van der Waals surface area contributed by atoms with Crippen molar-refractivity contribution in [2.24, 2.45) is 4.99 Å². The van der Waals surface area contributed by atoms with Crippen molar-refractivity contribution in [1.82, 2.24) is 10.6 Å². The lowest BCUT2D eigenvalue weighted by Crippen LogP contribution is -2.40. The van der Waals surface area contributed by atoms with Crippen LogP contribution in [0.15, 0.2) is 53.5 Å². The molecule has 0 atom stereocenters. The van der Waals surface area contributed by atoms with Gasteiger partial charge in [-0.05, 0) is 30.2 Å². The number of benzene rings is 2. The normalized spacial score (nSPS) is 10.7. The lowest BCUT2D eigenvalue weighted by atomic mass is 10.1. The molecule has 3 N–H and O–H groups in total. The van der Waals surface area contributed by atoms with Crippen molar-refractivity contribution < 1.29 is 9.31 Å². The molecule has 0 saturated carbocycles. The first-order valence-electron chi connectivity index (χ1n) is 8.26. The van der Waals surface area contributed by atoms with Crippen LogP contribution < -0.4 is 16.0 Å². The van der Waals surface area contributed by atoms with Gasteiger partial charge in [-0.3, -0.25) is 15.1 Å². The molecule has 0 aliphatic rings. The summed E-state index contributed by atoms with van der Waals surface area (Å²) in [5, 5.41) is 20.3. The van der Waals surface area contributed by atoms with E-state index >= 15 is 0 Å².